The van der Waals surface area contributed by atoms with Crippen molar-refractivity contribution in [1.82, 2.24) is 10.6 Å². The normalized spacial score (nSPS) is 12.8. The van der Waals surface area contributed by atoms with Gasteiger partial charge in [0.25, 0.3) is 5.91 Å². The molecule has 1 amide bonds. The zero-order valence-corrected chi connectivity index (χ0v) is 20.3. The minimum Gasteiger partial charge on any atom is -0.378 e. The molecular formula is C29H35FN2O2. The molecule has 2 atom stereocenters. The summed E-state index contributed by atoms with van der Waals surface area (Å²) in [5, 5.41) is 6.59. The maximum absolute atomic E-state index is 14.0. The van der Waals surface area contributed by atoms with Crippen LogP contribution in [-0.4, -0.2) is 31.7 Å². The molecule has 4 nitrogen and oxygen atoms in total. The Bertz CT molecular complexity index is 1070. The number of hydrogen-bond donors (Lipinski definition) is 2. The molecular weight excluding hydrogens is 427 g/mol. The third kappa shape index (κ3) is 7.24. The summed E-state index contributed by atoms with van der Waals surface area (Å²) in [7, 11) is 1.67. The molecule has 3 aromatic carbocycles. The largest absolute Gasteiger partial charge is 0.378 e. The Kier molecular flexibility index (Phi) is 9.80. The van der Waals surface area contributed by atoms with E-state index in [2.05, 4.69) is 41.8 Å². The van der Waals surface area contributed by atoms with E-state index in [0.29, 0.717) is 24.1 Å². The van der Waals surface area contributed by atoms with Gasteiger partial charge in [0, 0.05) is 32.2 Å². The Morgan fingerprint density at radius 1 is 0.941 bits per heavy atom. The maximum atomic E-state index is 14.0. The van der Waals surface area contributed by atoms with Crippen molar-refractivity contribution in [3.63, 3.8) is 0 Å². The van der Waals surface area contributed by atoms with Crippen LogP contribution < -0.4 is 10.6 Å². The Morgan fingerprint density at radius 3 is 2.41 bits per heavy atom. The number of rotatable bonds is 12. The van der Waals surface area contributed by atoms with Gasteiger partial charge in [-0.25, -0.2) is 4.39 Å². The number of methoxy groups -OCH3 is 1. The zero-order valence-electron chi connectivity index (χ0n) is 20.3. The minimum absolute atomic E-state index is 0.137. The molecule has 0 saturated carbocycles. The molecule has 0 aliphatic heterocycles. The number of aryl methyl sites for hydroxylation is 1. The zero-order chi connectivity index (χ0) is 24.3. The van der Waals surface area contributed by atoms with Gasteiger partial charge >= 0.3 is 0 Å². The van der Waals surface area contributed by atoms with Crippen molar-refractivity contribution >= 4 is 5.91 Å². The van der Waals surface area contributed by atoms with Gasteiger partial charge in [-0.3, -0.25) is 4.79 Å². The number of amides is 1. The second-order valence-corrected chi connectivity index (χ2v) is 8.54. The maximum Gasteiger partial charge on any atom is 0.251 e. The fraction of sp³-hybridized carbons (Fsp3) is 0.345. The van der Waals surface area contributed by atoms with Crippen LogP contribution in [0.25, 0.3) is 0 Å². The van der Waals surface area contributed by atoms with E-state index in [9.17, 15) is 9.18 Å². The summed E-state index contributed by atoms with van der Waals surface area (Å²) in [5.41, 5.74) is 4.62. The second-order valence-electron chi connectivity index (χ2n) is 8.54. The van der Waals surface area contributed by atoms with Crippen LogP contribution >= 0.6 is 0 Å². The van der Waals surface area contributed by atoms with E-state index >= 15 is 0 Å². The van der Waals surface area contributed by atoms with Crippen LogP contribution in [-0.2, 0) is 24.1 Å². The lowest BCUT2D eigenvalue weighted by molar-refractivity contribution is 0.0591. The molecule has 0 radical (unpaired) electrons. The van der Waals surface area contributed by atoms with Crippen LogP contribution in [0.15, 0.2) is 72.8 Å². The van der Waals surface area contributed by atoms with Gasteiger partial charge in [0.2, 0.25) is 0 Å². The first-order chi connectivity index (χ1) is 16.5. The van der Waals surface area contributed by atoms with Gasteiger partial charge in [0.15, 0.2) is 0 Å². The van der Waals surface area contributed by atoms with Crippen LogP contribution in [0.3, 0.4) is 0 Å². The van der Waals surface area contributed by atoms with Crippen LogP contribution in [0.1, 0.15) is 52.9 Å². The van der Waals surface area contributed by atoms with E-state index in [0.717, 1.165) is 24.9 Å². The molecule has 0 aliphatic rings. The molecule has 3 aromatic rings. The van der Waals surface area contributed by atoms with E-state index in [1.165, 1.54) is 17.2 Å². The van der Waals surface area contributed by atoms with Gasteiger partial charge in [0.1, 0.15) is 5.82 Å². The molecule has 3 rings (SSSR count). The first-order valence-corrected chi connectivity index (χ1v) is 12.0. The monoisotopic (exact) mass is 462 g/mol. The van der Waals surface area contributed by atoms with Crippen molar-refractivity contribution in [3.8, 4) is 0 Å². The molecule has 0 bridgehead atoms. The lowest BCUT2D eigenvalue weighted by atomic mass is 10.0. The van der Waals surface area contributed by atoms with Gasteiger partial charge in [-0.2, -0.15) is 0 Å². The molecule has 0 aromatic heterocycles. The van der Waals surface area contributed by atoms with Gasteiger partial charge in [-0.1, -0.05) is 68.4 Å². The van der Waals surface area contributed by atoms with E-state index in [1.54, 1.807) is 25.3 Å². The number of benzene rings is 3. The first-order valence-electron chi connectivity index (χ1n) is 12.0. The number of halogens is 1. The predicted molar refractivity (Wildman–Crippen MR) is 136 cm³/mol. The predicted octanol–water partition coefficient (Wildman–Crippen LogP) is 5.29. The summed E-state index contributed by atoms with van der Waals surface area (Å²) in [4.78, 5) is 13.0. The van der Waals surface area contributed by atoms with Crippen LogP contribution in [0.5, 0.6) is 0 Å². The average molecular weight is 463 g/mol. The summed E-state index contributed by atoms with van der Waals surface area (Å²) in [6.07, 6.45) is 2.03. The molecule has 2 unspecified atom stereocenters. The Balaban J connectivity index is 1.59. The third-order valence-electron chi connectivity index (χ3n) is 6.12. The molecule has 34 heavy (non-hydrogen) atoms. The lowest BCUT2D eigenvalue weighted by Gasteiger charge is -2.26. The minimum atomic E-state index is -0.236. The van der Waals surface area contributed by atoms with Gasteiger partial charge < -0.3 is 15.4 Å². The van der Waals surface area contributed by atoms with Gasteiger partial charge in [0.05, 0.1) is 12.1 Å². The molecule has 0 heterocycles. The highest BCUT2D eigenvalue weighted by molar-refractivity contribution is 5.94. The van der Waals surface area contributed by atoms with Crippen molar-refractivity contribution in [2.75, 3.05) is 13.7 Å². The molecule has 180 valence electrons. The average Bonchev–Trinajstić information content (AvgIpc) is 2.87. The van der Waals surface area contributed by atoms with E-state index in [4.69, 9.17) is 4.74 Å². The quantitative estimate of drug-likeness (QED) is 0.384. The number of nitrogens with one attached hydrogen (secondary N) is 2. The molecule has 2 N–H and O–H groups in total. The number of carbonyl (C=O) groups is 1. The Labute approximate surface area is 202 Å². The summed E-state index contributed by atoms with van der Waals surface area (Å²) < 4.78 is 19.7. The van der Waals surface area contributed by atoms with E-state index in [1.807, 2.05) is 31.2 Å². The summed E-state index contributed by atoms with van der Waals surface area (Å²) in [6, 6.07) is 22.5. The highest BCUT2D eigenvalue weighted by atomic mass is 19.1. The van der Waals surface area contributed by atoms with Crippen molar-refractivity contribution < 1.29 is 13.9 Å². The molecule has 0 saturated heterocycles. The topological polar surface area (TPSA) is 50.4 Å². The van der Waals surface area contributed by atoms with Crippen molar-refractivity contribution in [1.29, 1.82) is 0 Å². The summed E-state index contributed by atoms with van der Waals surface area (Å²) in [6.45, 7) is 5.56. The molecule has 5 heteroatoms. The van der Waals surface area contributed by atoms with Crippen LogP contribution in [0.4, 0.5) is 4.39 Å². The fourth-order valence-corrected chi connectivity index (χ4v) is 4.10. The number of hydrogen-bond acceptors (Lipinski definition) is 3. The van der Waals surface area contributed by atoms with Gasteiger partial charge in [-0.15, -0.1) is 0 Å². The fourth-order valence-electron chi connectivity index (χ4n) is 4.10. The van der Waals surface area contributed by atoms with Crippen molar-refractivity contribution in [3.05, 3.63) is 106 Å². The molecule has 0 aliphatic carbocycles. The third-order valence-corrected chi connectivity index (χ3v) is 6.12. The van der Waals surface area contributed by atoms with Gasteiger partial charge in [-0.05, 0) is 53.3 Å². The molecule has 0 spiro atoms. The second kappa shape index (κ2) is 13.0. The van der Waals surface area contributed by atoms with Crippen LogP contribution in [0.2, 0.25) is 0 Å². The first kappa shape index (κ1) is 25.6. The SMILES string of the molecule is CCc1cccc(CNCC(OC)C(CC)NC(=O)c2cccc(Cc3ccccc3F)c2)c1. The standard InChI is InChI=1S/C29H35FN2O2/c1-4-21-10-8-12-23(16-21)19-31-20-28(34-3)27(5-2)32-29(33)25-14-9-11-22(18-25)17-24-13-6-7-15-26(24)30/h6-16,18,27-28,31H,4-5,17,19-20H2,1-3H3,(H,32,33). The van der Waals surface area contributed by atoms with E-state index in [-0.39, 0.29) is 23.9 Å². The molecule has 0 fully saturated rings. The lowest BCUT2D eigenvalue weighted by Crippen LogP contribution is -2.48. The van der Waals surface area contributed by atoms with Crippen molar-refractivity contribution in [2.45, 2.75) is 51.8 Å². The summed E-state index contributed by atoms with van der Waals surface area (Å²) in [5.74, 6) is -0.389. The highest BCUT2D eigenvalue weighted by Crippen LogP contribution is 2.15. The smallest absolute Gasteiger partial charge is 0.251 e. The van der Waals surface area contributed by atoms with Crippen LogP contribution in [0, 0.1) is 5.82 Å². The highest BCUT2D eigenvalue weighted by Gasteiger charge is 2.22. The Hall–Kier alpha value is -3.02. The summed E-state index contributed by atoms with van der Waals surface area (Å²) >= 11 is 0. The van der Waals surface area contributed by atoms with Crippen molar-refractivity contribution in [2.24, 2.45) is 0 Å². The number of carbonyl (C=O) groups excluding carboxylic acids is 1. The Morgan fingerprint density at radius 2 is 1.68 bits per heavy atom. The van der Waals surface area contributed by atoms with E-state index < -0.39 is 0 Å². The number of ether oxygens (including phenoxy) is 1.